The Balaban J connectivity index is 2.22. The first-order valence-corrected chi connectivity index (χ1v) is 6.85. The normalized spacial score (nSPS) is 20.8. The Morgan fingerprint density at radius 2 is 2.32 bits per heavy atom. The standard InChI is InChI=1S/C15H23N3O/c1-4-14-10-17(12(2)3)8-9-18(14)15-13(11-19)6-5-7-16-15/h4-7,12,14,19H,1,8-11H2,2-3H3/t14-/m1/s1. The topological polar surface area (TPSA) is 39.6 Å². The number of anilines is 1. The van der Waals surface area contributed by atoms with Crippen molar-refractivity contribution in [3.05, 3.63) is 36.5 Å². The molecule has 1 aromatic heterocycles. The van der Waals surface area contributed by atoms with E-state index in [9.17, 15) is 5.11 Å². The highest BCUT2D eigenvalue weighted by molar-refractivity contribution is 5.49. The molecule has 1 aliphatic rings. The maximum Gasteiger partial charge on any atom is 0.134 e. The molecule has 1 atom stereocenters. The smallest absolute Gasteiger partial charge is 0.134 e. The molecule has 0 aliphatic carbocycles. The average molecular weight is 261 g/mol. The fraction of sp³-hybridized carbons (Fsp3) is 0.533. The summed E-state index contributed by atoms with van der Waals surface area (Å²) in [7, 11) is 0. The van der Waals surface area contributed by atoms with Crippen LogP contribution in [0.2, 0.25) is 0 Å². The summed E-state index contributed by atoms with van der Waals surface area (Å²) in [5, 5.41) is 9.45. The lowest BCUT2D eigenvalue weighted by atomic mass is 10.1. The minimum Gasteiger partial charge on any atom is -0.392 e. The summed E-state index contributed by atoms with van der Waals surface area (Å²) in [6.45, 7) is 11.3. The molecule has 4 nitrogen and oxygen atoms in total. The van der Waals surface area contributed by atoms with E-state index >= 15 is 0 Å². The number of aliphatic hydroxyl groups excluding tert-OH is 1. The van der Waals surface area contributed by atoms with Gasteiger partial charge in [-0.05, 0) is 19.9 Å². The van der Waals surface area contributed by atoms with E-state index in [0.717, 1.165) is 31.0 Å². The number of piperazine rings is 1. The highest BCUT2D eigenvalue weighted by Crippen LogP contribution is 2.23. The molecule has 1 aliphatic heterocycles. The van der Waals surface area contributed by atoms with E-state index in [2.05, 4.69) is 35.2 Å². The van der Waals surface area contributed by atoms with Crippen LogP contribution in [-0.2, 0) is 6.61 Å². The quantitative estimate of drug-likeness (QED) is 0.837. The van der Waals surface area contributed by atoms with Gasteiger partial charge in [0.15, 0.2) is 0 Å². The van der Waals surface area contributed by atoms with Crippen molar-refractivity contribution >= 4 is 5.82 Å². The van der Waals surface area contributed by atoms with Crippen LogP contribution in [0.4, 0.5) is 5.82 Å². The molecule has 1 saturated heterocycles. The molecule has 0 spiro atoms. The van der Waals surface area contributed by atoms with Gasteiger partial charge in [0, 0.05) is 37.4 Å². The third kappa shape index (κ3) is 2.96. The van der Waals surface area contributed by atoms with Crippen molar-refractivity contribution in [1.82, 2.24) is 9.88 Å². The van der Waals surface area contributed by atoms with Crippen LogP contribution in [0.3, 0.4) is 0 Å². The van der Waals surface area contributed by atoms with Gasteiger partial charge in [-0.1, -0.05) is 12.1 Å². The molecule has 0 amide bonds. The maximum absolute atomic E-state index is 9.45. The maximum atomic E-state index is 9.45. The van der Waals surface area contributed by atoms with Crippen LogP contribution in [-0.4, -0.2) is 46.7 Å². The highest BCUT2D eigenvalue weighted by atomic mass is 16.3. The zero-order chi connectivity index (χ0) is 13.8. The van der Waals surface area contributed by atoms with Gasteiger partial charge in [0.1, 0.15) is 5.82 Å². The zero-order valence-corrected chi connectivity index (χ0v) is 11.8. The van der Waals surface area contributed by atoms with Gasteiger partial charge >= 0.3 is 0 Å². The van der Waals surface area contributed by atoms with E-state index in [1.54, 1.807) is 6.20 Å². The number of aliphatic hydroxyl groups is 1. The van der Waals surface area contributed by atoms with Crippen LogP contribution in [0.25, 0.3) is 0 Å². The van der Waals surface area contributed by atoms with Crippen LogP contribution >= 0.6 is 0 Å². The molecule has 2 rings (SSSR count). The third-order valence-corrected chi connectivity index (χ3v) is 3.76. The van der Waals surface area contributed by atoms with Gasteiger partial charge in [-0.25, -0.2) is 4.98 Å². The lowest BCUT2D eigenvalue weighted by molar-refractivity contribution is 0.192. The Kier molecular flexibility index (Phi) is 4.56. The number of hydrogen-bond donors (Lipinski definition) is 1. The number of nitrogens with zero attached hydrogens (tertiary/aromatic N) is 3. The lowest BCUT2D eigenvalue weighted by Gasteiger charge is -2.43. The summed E-state index contributed by atoms with van der Waals surface area (Å²) in [4.78, 5) is 9.14. The van der Waals surface area contributed by atoms with Gasteiger partial charge < -0.3 is 10.0 Å². The van der Waals surface area contributed by atoms with E-state index in [1.165, 1.54) is 0 Å². The Labute approximate surface area is 115 Å². The number of rotatable bonds is 4. The predicted octanol–water partition coefficient (Wildman–Crippen LogP) is 1.66. The SMILES string of the molecule is C=C[C@@H]1CN(C(C)C)CCN1c1ncccc1CO. The van der Waals surface area contributed by atoms with E-state index in [0.29, 0.717) is 6.04 Å². The summed E-state index contributed by atoms with van der Waals surface area (Å²) in [6, 6.07) is 4.58. The monoisotopic (exact) mass is 261 g/mol. The summed E-state index contributed by atoms with van der Waals surface area (Å²) >= 11 is 0. The minimum atomic E-state index is 0.0252. The molecular formula is C15H23N3O. The summed E-state index contributed by atoms with van der Waals surface area (Å²) in [6.07, 6.45) is 3.76. The molecule has 1 fully saturated rings. The first kappa shape index (κ1) is 14.0. The van der Waals surface area contributed by atoms with Gasteiger partial charge in [0.2, 0.25) is 0 Å². The molecule has 2 heterocycles. The van der Waals surface area contributed by atoms with Crippen LogP contribution < -0.4 is 4.90 Å². The van der Waals surface area contributed by atoms with Crippen LogP contribution in [0.15, 0.2) is 31.0 Å². The van der Waals surface area contributed by atoms with Gasteiger partial charge in [0.25, 0.3) is 0 Å². The Hall–Kier alpha value is -1.39. The van der Waals surface area contributed by atoms with E-state index < -0.39 is 0 Å². The summed E-state index contributed by atoms with van der Waals surface area (Å²) in [5.41, 5.74) is 0.882. The fourth-order valence-electron chi connectivity index (χ4n) is 2.58. The molecule has 1 aromatic rings. The van der Waals surface area contributed by atoms with Gasteiger partial charge in [-0.15, -0.1) is 6.58 Å². The first-order chi connectivity index (χ1) is 9.17. The second kappa shape index (κ2) is 6.17. The predicted molar refractivity (Wildman–Crippen MR) is 78.2 cm³/mol. The molecule has 4 heteroatoms. The molecule has 104 valence electrons. The third-order valence-electron chi connectivity index (χ3n) is 3.76. The van der Waals surface area contributed by atoms with E-state index in [4.69, 9.17) is 0 Å². The Morgan fingerprint density at radius 1 is 1.53 bits per heavy atom. The second-order valence-corrected chi connectivity index (χ2v) is 5.23. The lowest BCUT2D eigenvalue weighted by Crippen LogP contribution is -2.54. The molecule has 0 unspecified atom stereocenters. The first-order valence-electron chi connectivity index (χ1n) is 6.85. The second-order valence-electron chi connectivity index (χ2n) is 5.23. The molecule has 0 saturated carbocycles. The molecule has 1 N–H and O–H groups in total. The van der Waals surface area contributed by atoms with Gasteiger partial charge in [-0.2, -0.15) is 0 Å². The molecule has 0 radical (unpaired) electrons. The minimum absolute atomic E-state index is 0.0252. The van der Waals surface area contributed by atoms with E-state index in [-0.39, 0.29) is 12.6 Å². The zero-order valence-electron chi connectivity index (χ0n) is 11.8. The number of hydrogen-bond acceptors (Lipinski definition) is 4. The molecule has 0 bridgehead atoms. The van der Waals surface area contributed by atoms with Crippen molar-refractivity contribution in [1.29, 1.82) is 0 Å². The molecular weight excluding hydrogens is 238 g/mol. The Bertz CT molecular complexity index is 433. The van der Waals surface area contributed by atoms with Crippen LogP contribution in [0.1, 0.15) is 19.4 Å². The van der Waals surface area contributed by atoms with Crippen molar-refractivity contribution < 1.29 is 5.11 Å². The van der Waals surface area contributed by atoms with Crippen LogP contribution in [0.5, 0.6) is 0 Å². The summed E-state index contributed by atoms with van der Waals surface area (Å²) < 4.78 is 0. The highest BCUT2D eigenvalue weighted by Gasteiger charge is 2.28. The fourth-order valence-corrected chi connectivity index (χ4v) is 2.58. The van der Waals surface area contributed by atoms with Crippen molar-refractivity contribution in [3.63, 3.8) is 0 Å². The number of aromatic nitrogens is 1. The van der Waals surface area contributed by atoms with Crippen molar-refractivity contribution in [2.24, 2.45) is 0 Å². The number of pyridine rings is 1. The average Bonchev–Trinajstić information content (AvgIpc) is 2.46. The van der Waals surface area contributed by atoms with Gasteiger partial charge in [0.05, 0.1) is 12.6 Å². The summed E-state index contributed by atoms with van der Waals surface area (Å²) in [5.74, 6) is 0.887. The van der Waals surface area contributed by atoms with Crippen molar-refractivity contribution in [2.75, 3.05) is 24.5 Å². The van der Waals surface area contributed by atoms with Crippen molar-refractivity contribution in [2.45, 2.75) is 32.5 Å². The Morgan fingerprint density at radius 3 is 2.95 bits per heavy atom. The van der Waals surface area contributed by atoms with Crippen molar-refractivity contribution in [3.8, 4) is 0 Å². The molecule has 19 heavy (non-hydrogen) atoms. The van der Waals surface area contributed by atoms with Crippen LogP contribution in [0, 0.1) is 0 Å². The van der Waals surface area contributed by atoms with E-state index in [1.807, 2.05) is 18.2 Å². The molecule has 0 aromatic carbocycles. The van der Waals surface area contributed by atoms with Gasteiger partial charge in [-0.3, -0.25) is 4.90 Å². The largest absolute Gasteiger partial charge is 0.392 e.